The van der Waals surface area contributed by atoms with Crippen molar-refractivity contribution >= 4 is 11.9 Å². The Hall–Kier alpha value is -1.14. The summed E-state index contributed by atoms with van der Waals surface area (Å²) in [5.41, 5.74) is 0. The molecule has 0 heterocycles. The van der Waals surface area contributed by atoms with Crippen LogP contribution in [-0.2, 0) is 28.5 Å². The molecule has 20 heavy (non-hydrogen) atoms. The van der Waals surface area contributed by atoms with Gasteiger partial charge in [0.1, 0.15) is 6.10 Å². The Labute approximate surface area is 120 Å². The average molecular weight is 290 g/mol. The van der Waals surface area contributed by atoms with Crippen LogP contribution in [0.3, 0.4) is 0 Å². The fourth-order valence-electron chi connectivity index (χ4n) is 1.37. The van der Waals surface area contributed by atoms with Gasteiger partial charge < -0.3 is 18.9 Å². The number of hydrogen-bond acceptors (Lipinski definition) is 6. The maximum atomic E-state index is 11.5. The van der Waals surface area contributed by atoms with Gasteiger partial charge in [0.2, 0.25) is 0 Å². The number of hydrogen-bond donors (Lipinski definition) is 0. The molecule has 0 saturated heterocycles. The number of esters is 2. The molecule has 0 N–H and O–H groups in total. The lowest BCUT2D eigenvalue weighted by Crippen LogP contribution is -2.22. The third-order valence-corrected chi connectivity index (χ3v) is 2.83. The van der Waals surface area contributed by atoms with E-state index in [0.29, 0.717) is 6.42 Å². The molecule has 0 radical (unpaired) electrons. The Morgan fingerprint density at radius 2 is 1.35 bits per heavy atom. The molecule has 0 aromatic heterocycles. The normalized spacial score (nSPS) is 15.2. The van der Waals surface area contributed by atoms with Gasteiger partial charge in [-0.15, -0.1) is 0 Å². The quantitative estimate of drug-likeness (QED) is 0.570. The van der Waals surface area contributed by atoms with Gasteiger partial charge in [-0.25, -0.2) is 0 Å². The molecular weight excluding hydrogens is 264 g/mol. The largest absolute Gasteiger partial charge is 0.465 e. The van der Waals surface area contributed by atoms with Crippen molar-refractivity contribution in [3.8, 4) is 0 Å². The van der Waals surface area contributed by atoms with Crippen molar-refractivity contribution in [3.63, 3.8) is 0 Å². The highest BCUT2D eigenvalue weighted by Gasteiger charge is 2.14. The zero-order valence-electron chi connectivity index (χ0n) is 13.0. The zero-order valence-corrected chi connectivity index (χ0v) is 13.0. The Kier molecular flexibility index (Phi) is 10.0. The second-order valence-corrected chi connectivity index (χ2v) is 4.81. The lowest BCUT2D eigenvalue weighted by molar-refractivity contribution is -0.152. The van der Waals surface area contributed by atoms with Crippen molar-refractivity contribution in [2.24, 2.45) is 0 Å². The Balaban J connectivity index is 3.75. The summed E-state index contributed by atoms with van der Waals surface area (Å²) in [6, 6.07) is 0. The van der Waals surface area contributed by atoms with Crippen LogP contribution in [0.25, 0.3) is 0 Å². The van der Waals surface area contributed by atoms with Gasteiger partial charge in [0.15, 0.2) is 0 Å². The van der Waals surface area contributed by atoms with Crippen LogP contribution in [0, 0.1) is 0 Å². The van der Waals surface area contributed by atoms with E-state index in [1.807, 2.05) is 0 Å². The van der Waals surface area contributed by atoms with Crippen LogP contribution in [0.4, 0.5) is 0 Å². The highest BCUT2D eigenvalue weighted by Crippen LogP contribution is 2.05. The molecule has 0 bridgehead atoms. The number of rotatable bonds is 10. The average Bonchev–Trinajstić information content (AvgIpc) is 2.37. The van der Waals surface area contributed by atoms with Gasteiger partial charge in [-0.2, -0.15) is 0 Å². The summed E-state index contributed by atoms with van der Waals surface area (Å²) in [6.07, 6.45) is 0.290. The van der Waals surface area contributed by atoms with Gasteiger partial charge in [0.25, 0.3) is 0 Å². The summed E-state index contributed by atoms with van der Waals surface area (Å²) < 4.78 is 20.2. The van der Waals surface area contributed by atoms with Gasteiger partial charge in [0, 0.05) is 20.6 Å². The third-order valence-electron chi connectivity index (χ3n) is 2.83. The molecule has 0 aromatic carbocycles. The summed E-state index contributed by atoms with van der Waals surface area (Å²) in [6.45, 7) is 5.58. The molecule has 0 amide bonds. The minimum Gasteiger partial charge on any atom is -0.465 e. The zero-order chi connectivity index (χ0) is 15.5. The summed E-state index contributed by atoms with van der Waals surface area (Å²) >= 11 is 0. The standard InChI is InChI=1S/C14H26O6/c1-10(20-14(16)9-12(3)18-5)6-7-19-13(15)8-11(2)17-4/h10-12H,6-9H2,1-5H3/t10?,11-,12-/m1/s1. The number of carbonyl (C=O) groups excluding carboxylic acids is 2. The number of ether oxygens (including phenoxy) is 4. The van der Waals surface area contributed by atoms with Crippen LogP contribution in [-0.4, -0.2) is 51.1 Å². The van der Waals surface area contributed by atoms with Gasteiger partial charge in [0.05, 0.1) is 31.7 Å². The lowest BCUT2D eigenvalue weighted by atomic mass is 10.2. The smallest absolute Gasteiger partial charge is 0.308 e. The first-order valence-corrected chi connectivity index (χ1v) is 6.79. The van der Waals surface area contributed by atoms with Gasteiger partial charge >= 0.3 is 11.9 Å². The highest BCUT2D eigenvalue weighted by atomic mass is 16.6. The Morgan fingerprint density at radius 1 is 0.850 bits per heavy atom. The van der Waals surface area contributed by atoms with Crippen LogP contribution in [0.15, 0.2) is 0 Å². The Morgan fingerprint density at radius 3 is 1.85 bits per heavy atom. The predicted octanol–water partition coefficient (Wildman–Crippen LogP) is 1.70. The molecule has 0 fully saturated rings. The van der Waals surface area contributed by atoms with Crippen LogP contribution in [0.2, 0.25) is 0 Å². The van der Waals surface area contributed by atoms with Crippen molar-refractivity contribution in [2.45, 2.75) is 58.3 Å². The van der Waals surface area contributed by atoms with Crippen molar-refractivity contribution in [3.05, 3.63) is 0 Å². The number of carbonyl (C=O) groups is 2. The van der Waals surface area contributed by atoms with Crippen LogP contribution in [0.1, 0.15) is 40.0 Å². The SMILES string of the molecule is CO[C@H](C)CC(=O)OCCC(C)OC(=O)C[C@@H](C)OC. The first-order chi connectivity index (χ1) is 9.38. The first kappa shape index (κ1) is 18.9. The highest BCUT2D eigenvalue weighted by molar-refractivity contribution is 5.70. The van der Waals surface area contributed by atoms with Crippen molar-refractivity contribution in [1.29, 1.82) is 0 Å². The summed E-state index contributed by atoms with van der Waals surface area (Å²) in [7, 11) is 3.09. The molecule has 118 valence electrons. The van der Waals surface area contributed by atoms with E-state index >= 15 is 0 Å². The second-order valence-electron chi connectivity index (χ2n) is 4.81. The first-order valence-electron chi connectivity index (χ1n) is 6.79. The maximum Gasteiger partial charge on any atom is 0.308 e. The summed E-state index contributed by atoms with van der Waals surface area (Å²) in [5, 5.41) is 0. The van der Waals surface area contributed by atoms with E-state index in [0.717, 1.165) is 0 Å². The molecule has 0 saturated carbocycles. The fourth-order valence-corrected chi connectivity index (χ4v) is 1.37. The predicted molar refractivity (Wildman–Crippen MR) is 73.3 cm³/mol. The van der Waals surface area contributed by atoms with Crippen molar-refractivity contribution < 1.29 is 28.5 Å². The third kappa shape index (κ3) is 9.75. The topological polar surface area (TPSA) is 71.1 Å². The van der Waals surface area contributed by atoms with E-state index < -0.39 is 0 Å². The minimum atomic E-state index is -0.314. The molecule has 0 spiro atoms. The van der Waals surface area contributed by atoms with Gasteiger partial charge in [-0.1, -0.05) is 0 Å². The molecule has 1 unspecified atom stereocenters. The molecule has 0 aliphatic rings. The monoisotopic (exact) mass is 290 g/mol. The molecule has 6 nitrogen and oxygen atoms in total. The molecular formula is C14H26O6. The molecule has 0 rings (SSSR count). The Bertz CT molecular complexity index is 291. The molecule has 0 aliphatic heterocycles. The van der Waals surface area contributed by atoms with E-state index in [1.165, 1.54) is 0 Å². The van der Waals surface area contributed by atoms with Crippen molar-refractivity contribution in [2.75, 3.05) is 20.8 Å². The molecule has 6 heteroatoms. The van der Waals surface area contributed by atoms with Crippen LogP contribution >= 0.6 is 0 Å². The summed E-state index contributed by atoms with van der Waals surface area (Å²) in [5.74, 6) is -0.628. The molecule has 0 aliphatic carbocycles. The van der Waals surface area contributed by atoms with E-state index in [1.54, 1.807) is 35.0 Å². The maximum absolute atomic E-state index is 11.5. The molecule has 0 aromatic rings. The number of methoxy groups -OCH3 is 2. The second kappa shape index (κ2) is 10.6. The van der Waals surface area contributed by atoms with Gasteiger partial charge in [-0.05, 0) is 20.8 Å². The van der Waals surface area contributed by atoms with Gasteiger partial charge in [-0.3, -0.25) is 9.59 Å². The van der Waals surface area contributed by atoms with Crippen LogP contribution in [0.5, 0.6) is 0 Å². The minimum absolute atomic E-state index is 0.159. The summed E-state index contributed by atoms with van der Waals surface area (Å²) in [4.78, 5) is 22.9. The lowest BCUT2D eigenvalue weighted by Gasteiger charge is -2.15. The van der Waals surface area contributed by atoms with E-state index in [-0.39, 0.29) is 49.7 Å². The van der Waals surface area contributed by atoms with E-state index in [2.05, 4.69) is 0 Å². The molecule has 3 atom stereocenters. The van der Waals surface area contributed by atoms with Crippen molar-refractivity contribution in [1.82, 2.24) is 0 Å². The van der Waals surface area contributed by atoms with Crippen LogP contribution < -0.4 is 0 Å². The van der Waals surface area contributed by atoms with E-state index in [4.69, 9.17) is 18.9 Å². The van der Waals surface area contributed by atoms with E-state index in [9.17, 15) is 9.59 Å². The fraction of sp³-hybridized carbons (Fsp3) is 0.857.